The maximum absolute atomic E-state index is 11.7. The number of nitrogens with zero attached hydrogens (tertiary/aromatic N) is 4. The van der Waals surface area contributed by atoms with Gasteiger partial charge in [0.25, 0.3) is 0 Å². The van der Waals surface area contributed by atoms with Gasteiger partial charge in [0.2, 0.25) is 0 Å². The Hall–Kier alpha value is -3.23. The summed E-state index contributed by atoms with van der Waals surface area (Å²) < 4.78 is 18.2. The number of nitrogens with one attached hydrogen (secondary N) is 1. The highest BCUT2D eigenvalue weighted by Crippen LogP contribution is 2.36. The van der Waals surface area contributed by atoms with E-state index in [9.17, 15) is 14.7 Å². The van der Waals surface area contributed by atoms with Crippen LogP contribution in [0.1, 0.15) is 39.3 Å². The van der Waals surface area contributed by atoms with E-state index in [2.05, 4.69) is 26.2 Å². The van der Waals surface area contributed by atoms with E-state index in [0.717, 1.165) is 19.3 Å². The van der Waals surface area contributed by atoms with Gasteiger partial charge in [0.05, 0.1) is 18.5 Å². The van der Waals surface area contributed by atoms with Gasteiger partial charge in [-0.05, 0) is 19.3 Å². The summed E-state index contributed by atoms with van der Waals surface area (Å²) in [4.78, 5) is 36.3. The maximum atomic E-state index is 11.7. The van der Waals surface area contributed by atoms with Gasteiger partial charge in [0, 0.05) is 13.8 Å². The lowest BCUT2D eigenvalue weighted by Crippen LogP contribution is -2.38. The normalized spacial score (nSPS) is 30.1. The first-order valence-electron chi connectivity index (χ1n) is 9.97. The van der Waals surface area contributed by atoms with Crippen molar-refractivity contribution in [2.45, 2.75) is 69.8 Å². The van der Waals surface area contributed by atoms with Crippen molar-refractivity contribution < 1.29 is 28.9 Å². The quantitative estimate of drug-likeness (QED) is 0.512. The minimum absolute atomic E-state index is 0.126. The smallest absolute Gasteiger partial charge is 0.303 e. The number of hydrogen-bond donors (Lipinski definition) is 2. The molecule has 1 aliphatic carbocycles. The molecule has 0 aromatic carbocycles. The van der Waals surface area contributed by atoms with Crippen LogP contribution in [0, 0.1) is 12.3 Å². The molecule has 2 N–H and O–H groups in total. The molecule has 1 saturated heterocycles. The molecule has 2 aromatic heterocycles. The average Bonchev–Trinajstić information content (AvgIpc) is 3.40. The summed E-state index contributed by atoms with van der Waals surface area (Å²) in [6.07, 6.45) is 6.58. The highest BCUT2D eigenvalue weighted by atomic mass is 16.6. The van der Waals surface area contributed by atoms with Gasteiger partial charge in [-0.3, -0.25) is 14.2 Å². The highest BCUT2D eigenvalue weighted by molar-refractivity contribution is 5.83. The van der Waals surface area contributed by atoms with Crippen LogP contribution in [0.15, 0.2) is 12.7 Å². The second-order valence-corrected chi connectivity index (χ2v) is 7.56. The Balaban J connectivity index is 1.69. The van der Waals surface area contributed by atoms with E-state index in [4.69, 9.17) is 20.6 Å². The van der Waals surface area contributed by atoms with Crippen LogP contribution >= 0.6 is 0 Å². The zero-order valence-corrected chi connectivity index (χ0v) is 17.1. The number of aliphatic hydroxyl groups is 1. The van der Waals surface area contributed by atoms with E-state index >= 15 is 0 Å². The zero-order chi connectivity index (χ0) is 22.1. The van der Waals surface area contributed by atoms with E-state index in [-0.39, 0.29) is 6.04 Å². The number of fused-ring (bicyclic) bond motifs is 1. The lowest BCUT2D eigenvalue weighted by molar-refractivity contribution is -0.165. The number of aromatic nitrogens is 4. The first-order chi connectivity index (χ1) is 14.9. The molecule has 11 heteroatoms. The SMILES string of the molecule is C#C[C@H]1O[C@@H](n2cnc3c(N[C@H]4CCC[C@@H]4O)ncnc32)[C@H](OC(C)=O)[C@H]1OC(C)=O. The van der Waals surface area contributed by atoms with Crippen LogP contribution < -0.4 is 5.32 Å². The summed E-state index contributed by atoms with van der Waals surface area (Å²) in [6.45, 7) is 2.48. The molecular formula is C20H23N5O6. The fraction of sp³-hybridized carbons (Fsp3) is 0.550. The Labute approximate surface area is 178 Å². The number of carbonyl (C=O) groups excluding carboxylic acids is 2. The summed E-state index contributed by atoms with van der Waals surface area (Å²) in [5.41, 5.74) is 0.867. The topological polar surface area (TPSA) is 138 Å². The molecule has 164 valence electrons. The molecule has 0 spiro atoms. The summed E-state index contributed by atoms with van der Waals surface area (Å²) in [7, 11) is 0. The number of carbonyl (C=O) groups is 2. The third kappa shape index (κ3) is 4.04. The van der Waals surface area contributed by atoms with Crippen molar-refractivity contribution in [3.05, 3.63) is 12.7 Å². The molecule has 4 rings (SSSR count). The van der Waals surface area contributed by atoms with Crippen LogP contribution in [0.3, 0.4) is 0 Å². The zero-order valence-electron chi connectivity index (χ0n) is 17.1. The Bertz CT molecular complexity index is 1030. The largest absolute Gasteiger partial charge is 0.455 e. The van der Waals surface area contributed by atoms with E-state index in [1.807, 2.05) is 0 Å². The number of aliphatic hydroxyl groups excluding tert-OH is 1. The molecule has 1 aliphatic heterocycles. The Morgan fingerprint density at radius 1 is 1.23 bits per heavy atom. The fourth-order valence-corrected chi connectivity index (χ4v) is 4.06. The lowest BCUT2D eigenvalue weighted by Gasteiger charge is -2.23. The molecular weight excluding hydrogens is 406 g/mol. The van der Waals surface area contributed by atoms with E-state index in [1.54, 1.807) is 4.57 Å². The summed E-state index contributed by atoms with van der Waals surface area (Å²) in [5.74, 6) is 1.75. The van der Waals surface area contributed by atoms with Crippen molar-refractivity contribution in [3.63, 3.8) is 0 Å². The van der Waals surface area contributed by atoms with Crippen LogP contribution in [0.4, 0.5) is 5.82 Å². The minimum atomic E-state index is -0.997. The molecule has 0 radical (unpaired) electrons. The summed E-state index contributed by atoms with van der Waals surface area (Å²) in [6, 6.07) is -0.126. The van der Waals surface area contributed by atoms with E-state index in [0.29, 0.717) is 17.0 Å². The van der Waals surface area contributed by atoms with Gasteiger partial charge < -0.3 is 24.6 Å². The van der Waals surface area contributed by atoms with Gasteiger partial charge >= 0.3 is 11.9 Å². The van der Waals surface area contributed by atoms with Gasteiger partial charge in [-0.15, -0.1) is 6.42 Å². The third-order valence-corrected chi connectivity index (χ3v) is 5.39. The van der Waals surface area contributed by atoms with Crippen molar-refractivity contribution in [2.24, 2.45) is 0 Å². The number of anilines is 1. The van der Waals surface area contributed by atoms with Crippen molar-refractivity contribution in [2.75, 3.05) is 5.32 Å². The number of esters is 2. The molecule has 2 aliphatic rings. The van der Waals surface area contributed by atoms with Crippen LogP contribution in [-0.2, 0) is 23.8 Å². The average molecular weight is 429 g/mol. The number of imidazole rings is 1. The van der Waals surface area contributed by atoms with Crippen LogP contribution in [0.5, 0.6) is 0 Å². The molecule has 0 bridgehead atoms. The van der Waals surface area contributed by atoms with Crippen molar-refractivity contribution in [1.82, 2.24) is 19.5 Å². The Morgan fingerprint density at radius 3 is 2.61 bits per heavy atom. The van der Waals surface area contributed by atoms with Gasteiger partial charge in [0.1, 0.15) is 6.33 Å². The number of rotatable bonds is 5. The summed E-state index contributed by atoms with van der Waals surface area (Å²) in [5, 5.41) is 13.3. The highest BCUT2D eigenvalue weighted by Gasteiger charge is 2.50. The first-order valence-corrected chi connectivity index (χ1v) is 9.97. The molecule has 3 heterocycles. The Morgan fingerprint density at radius 2 is 1.97 bits per heavy atom. The molecule has 0 amide bonds. The monoisotopic (exact) mass is 429 g/mol. The second-order valence-electron chi connectivity index (χ2n) is 7.56. The molecule has 11 nitrogen and oxygen atoms in total. The molecule has 31 heavy (non-hydrogen) atoms. The van der Waals surface area contributed by atoms with Gasteiger partial charge in [-0.1, -0.05) is 5.92 Å². The van der Waals surface area contributed by atoms with E-state index in [1.165, 1.54) is 26.5 Å². The van der Waals surface area contributed by atoms with E-state index < -0.39 is 42.6 Å². The predicted octanol–water partition coefficient (Wildman–Crippen LogP) is 0.546. The van der Waals surface area contributed by atoms with Crippen molar-refractivity contribution in [3.8, 4) is 12.3 Å². The van der Waals surface area contributed by atoms with Crippen LogP contribution in [0.25, 0.3) is 11.2 Å². The molecule has 0 unspecified atom stereocenters. The van der Waals surface area contributed by atoms with Gasteiger partial charge in [-0.25, -0.2) is 15.0 Å². The maximum Gasteiger partial charge on any atom is 0.303 e. The van der Waals surface area contributed by atoms with Crippen LogP contribution in [-0.4, -0.2) is 67.0 Å². The molecule has 2 fully saturated rings. The fourth-order valence-electron chi connectivity index (χ4n) is 4.06. The van der Waals surface area contributed by atoms with Gasteiger partial charge in [-0.2, -0.15) is 0 Å². The second kappa shape index (κ2) is 8.49. The standard InChI is InChI=1S/C20H23N5O6/c1-4-14-16(29-10(2)26)17(30-11(3)27)20(31-14)25-9-23-15-18(21-8-22-19(15)25)24-12-6-5-7-13(12)28/h1,8-9,12-14,16-17,20,28H,5-7H2,2-3H3,(H,21,22,24)/t12-,13-,14+,16-,17+,20+/m0/s1. The number of ether oxygens (including phenoxy) is 3. The number of terminal acetylenes is 1. The Kier molecular flexibility index (Phi) is 5.75. The van der Waals surface area contributed by atoms with Crippen molar-refractivity contribution >= 4 is 28.9 Å². The molecule has 1 saturated carbocycles. The third-order valence-electron chi connectivity index (χ3n) is 5.39. The number of hydrogen-bond acceptors (Lipinski definition) is 10. The molecule has 2 aromatic rings. The van der Waals surface area contributed by atoms with Gasteiger partial charge in [0.15, 0.2) is 41.5 Å². The van der Waals surface area contributed by atoms with Crippen LogP contribution in [0.2, 0.25) is 0 Å². The summed E-state index contributed by atoms with van der Waals surface area (Å²) >= 11 is 0. The lowest BCUT2D eigenvalue weighted by atomic mass is 10.1. The first kappa shape index (κ1) is 21.0. The van der Waals surface area contributed by atoms with Crippen molar-refractivity contribution in [1.29, 1.82) is 0 Å². The predicted molar refractivity (Wildman–Crippen MR) is 106 cm³/mol. The minimum Gasteiger partial charge on any atom is -0.455 e. The molecule has 6 atom stereocenters.